The highest BCUT2D eigenvalue weighted by atomic mass is 35.5. The van der Waals surface area contributed by atoms with Crippen LogP contribution in [0.4, 0.5) is 0 Å². The molecule has 2 N–H and O–H groups in total. The third-order valence-corrected chi connectivity index (χ3v) is 7.04. The van der Waals surface area contributed by atoms with Crippen molar-refractivity contribution in [2.75, 3.05) is 19.6 Å². The van der Waals surface area contributed by atoms with E-state index in [1.54, 1.807) is 22.8 Å². The summed E-state index contributed by atoms with van der Waals surface area (Å²) in [6, 6.07) is 21.5. The number of hydrogen-bond donors (Lipinski definition) is 2. The molecule has 0 spiro atoms. The topological polar surface area (TPSA) is 57.5 Å². The summed E-state index contributed by atoms with van der Waals surface area (Å²) in [4.78, 5) is 15.3. The average molecular weight is 488 g/mol. The van der Waals surface area contributed by atoms with Gasteiger partial charge >= 0.3 is 0 Å². The first-order valence-corrected chi connectivity index (χ1v) is 12.6. The first kappa shape index (κ1) is 23.5. The molecule has 5 rings (SSSR count). The number of aromatic nitrogens is 1. The van der Waals surface area contributed by atoms with Crippen molar-refractivity contribution in [1.82, 2.24) is 14.8 Å². The van der Waals surface area contributed by atoms with Gasteiger partial charge in [-0.15, -0.1) is 0 Å². The molecule has 1 aromatic heterocycles. The average Bonchev–Trinajstić information content (AvgIpc) is 3.23. The van der Waals surface area contributed by atoms with Crippen LogP contribution >= 0.6 is 11.6 Å². The van der Waals surface area contributed by atoms with E-state index in [1.165, 1.54) is 43.5 Å². The van der Waals surface area contributed by atoms with Crippen LogP contribution < -0.4 is 5.32 Å². The van der Waals surface area contributed by atoms with Gasteiger partial charge in [-0.3, -0.25) is 14.3 Å². The van der Waals surface area contributed by atoms with Crippen LogP contribution in [0.3, 0.4) is 0 Å². The number of amides is 1. The molecule has 1 amide bonds. The van der Waals surface area contributed by atoms with E-state index >= 15 is 0 Å². The molecule has 35 heavy (non-hydrogen) atoms. The Morgan fingerprint density at radius 2 is 1.69 bits per heavy atom. The number of carbonyl (C=O) groups excluding carboxylic acids is 1. The van der Waals surface area contributed by atoms with Gasteiger partial charge < -0.3 is 10.4 Å². The Kier molecular flexibility index (Phi) is 7.07. The number of benzene rings is 3. The number of carbonyl (C=O) groups is 1. The van der Waals surface area contributed by atoms with Crippen LogP contribution in [0, 0.1) is 0 Å². The number of likely N-dealkylation sites (tertiary alicyclic amines) is 1. The molecule has 1 aliphatic heterocycles. The summed E-state index contributed by atoms with van der Waals surface area (Å²) in [7, 11) is 0. The lowest BCUT2D eigenvalue weighted by Crippen LogP contribution is -2.29. The van der Waals surface area contributed by atoms with Crippen molar-refractivity contribution >= 4 is 28.3 Å². The summed E-state index contributed by atoms with van der Waals surface area (Å²) in [5.74, 6) is -0.0744. The van der Waals surface area contributed by atoms with Crippen LogP contribution in [0.2, 0.25) is 5.02 Å². The van der Waals surface area contributed by atoms with E-state index in [4.69, 9.17) is 11.6 Å². The third-order valence-electron chi connectivity index (χ3n) is 6.73. The van der Waals surface area contributed by atoms with Gasteiger partial charge in [0.05, 0.1) is 10.4 Å². The molecule has 0 saturated carbocycles. The molecule has 2 heterocycles. The largest absolute Gasteiger partial charge is 0.494 e. The standard InChI is InChI=1S/C29H30ClN3O2/c30-26-9-5-7-24-20-33(29(35)27(24)26)25-8-4-6-23(18-25)28(34)31-15-14-21-10-12-22(13-11-21)19-32-16-2-1-3-17-32/h4-13,18,20,35H,1-3,14-17,19H2,(H,31,34). The van der Waals surface area contributed by atoms with E-state index in [2.05, 4.69) is 34.5 Å². The number of nitrogens with zero attached hydrogens (tertiary/aromatic N) is 2. The van der Waals surface area contributed by atoms with E-state index in [1.807, 2.05) is 30.5 Å². The van der Waals surface area contributed by atoms with Gasteiger partial charge in [0, 0.05) is 35.9 Å². The van der Waals surface area contributed by atoms with Crippen molar-refractivity contribution in [2.45, 2.75) is 32.2 Å². The van der Waals surface area contributed by atoms with Crippen molar-refractivity contribution in [2.24, 2.45) is 0 Å². The fraction of sp³-hybridized carbons (Fsp3) is 0.276. The van der Waals surface area contributed by atoms with Gasteiger partial charge in [-0.05, 0) is 67.7 Å². The van der Waals surface area contributed by atoms with Crippen LogP contribution in [-0.2, 0) is 13.0 Å². The number of halogens is 1. The van der Waals surface area contributed by atoms with Crippen LogP contribution in [0.1, 0.15) is 40.7 Å². The van der Waals surface area contributed by atoms with E-state index in [-0.39, 0.29) is 11.8 Å². The second-order valence-electron chi connectivity index (χ2n) is 9.24. The predicted octanol–water partition coefficient (Wildman–Crippen LogP) is 5.95. The Balaban J connectivity index is 1.19. The normalized spacial score (nSPS) is 14.3. The molecule has 1 saturated heterocycles. The van der Waals surface area contributed by atoms with Crippen LogP contribution in [-0.4, -0.2) is 40.1 Å². The SMILES string of the molecule is O=C(NCCc1ccc(CN2CCCCC2)cc1)c1cccc(-n2cc3cccc(Cl)c3c2O)c1. The Hall–Kier alpha value is -3.28. The summed E-state index contributed by atoms with van der Waals surface area (Å²) < 4.78 is 1.65. The van der Waals surface area contributed by atoms with Crippen LogP contribution in [0.25, 0.3) is 16.5 Å². The molecule has 0 bridgehead atoms. The lowest BCUT2D eigenvalue weighted by atomic mass is 10.1. The van der Waals surface area contributed by atoms with Gasteiger partial charge in [-0.25, -0.2) is 0 Å². The fourth-order valence-corrected chi connectivity index (χ4v) is 5.07. The van der Waals surface area contributed by atoms with Crippen molar-refractivity contribution in [1.29, 1.82) is 0 Å². The lowest BCUT2D eigenvalue weighted by Gasteiger charge is -2.26. The smallest absolute Gasteiger partial charge is 0.251 e. The van der Waals surface area contributed by atoms with Crippen molar-refractivity contribution in [3.05, 3.63) is 94.6 Å². The number of nitrogens with one attached hydrogen (secondary N) is 1. The monoisotopic (exact) mass is 487 g/mol. The molecular weight excluding hydrogens is 458 g/mol. The lowest BCUT2D eigenvalue weighted by molar-refractivity contribution is 0.0954. The highest BCUT2D eigenvalue weighted by molar-refractivity contribution is 6.36. The van der Waals surface area contributed by atoms with Crippen molar-refractivity contribution in [3.63, 3.8) is 0 Å². The van der Waals surface area contributed by atoms with E-state index < -0.39 is 0 Å². The summed E-state index contributed by atoms with van der Waals surface area (Å²) in [6.45, 7) is 3.97. The number of piperidine rings is 1. The number of rotatable bonds is 7. The van der Waals surface area contributed by atoms with Gasteiger partial charge in [0.25, 0.3) is 5.91 Å². The Morgan fingerprint density at radius 3 is 2.46 bits per heavy atom. The Morgan fingerprint density at radius 1 is 0.943 bits per heavy atom. The zero-order valence-corrected chi connectivity index (χ0v) is 20.5. The van der Waals surface area contributed by atoms with Gasteiger partial charge in [0.15, 0.2) is 0 Å². The summed E-state index contributed by atoms with van der Waals surface area (Å²) in [6.07, 6.45) is 6.56. The van der Waals surface area contributed by atoms with E-state index in [0.717, 1.165) is 18.4 Å². The maximum Gasteiger partial charge on any atom is 0.251 e. The predicted molar refractivity (Wildman–Crippen MR) is 142 cm³/mol. The maximum absolute atomic E-state index is 12.8. The van der Waals surface area contributed by atoms with Gasteiger partial charge in [-0.2, -0.15) is 0 Å². The van der Waals surface area contributed by atoms with Crippen LogP contribution in [0.15, 0.2) is 72.9 Å². The minimum Gasteiger partial charge on any atom is -0.494 e. The molecule has 0 unspecified atom stereocenters. The molecule has 1 fully saturated rings. The van der Waals surface area contributed by atoms with Gasteiger partial charge in [0.1, 0.15) is 0 Å². The number of hydrogen-bond acceptors (Lipinski definition) is 3. The third kappa shape index (κ3) is 5.37. The highest BCUT2D eigenvalue weighted by Crippen LogP contribution is 2.35. The minimum absolute atomic E-state index is 0.0619. The summed E-state index contributed by atoms with van der Waals surface area (Å²) >= 11 is 6.27. The minimum atomic E-state index is -0.136. The molecule has 4 aromatic rings. The number of fused-ring (bicyclic) bond motifs is 1. The summed E-state index contributed by atoms with van der Waals surface area (Å²) in [5.41, 5.74) is 3.80. The highest BCUT2D eigenvalue weighted by Gasteiger charge is 2.14. The molecular formula is C29H30ClN3O2. The molecule has 0 aliphatic carbocycles. The molecule has 180 valence electrons. The number of aromatic hydroxyl groups is 1. The first-order chi connectivity index (χ1) is 17.1. The van der Waals surface area contributed by atoms with Crippen molar-refractivity contribution < 1.29 is 9.90 Å². The molecule has 0 radical (unpaired) electrons. The Labute approximate surface area is 210 Å². The zero-order valence-electron chi connectivity index (χ0n) is 19.7. The maximum atomic E-state index is 12.8. The molecule has 1 aliphatic rings. The second kappa shape index (κ2) is 10.5. The second-order valence-corrected chi connectivity index (χ2v) is 9.64. The zero-order chi connectivity index (χ0) is 24.2. The molecule has 5 nitrogen and oxygen atoms in total. The Bertz CT molecular complexity index is 1320. The fourth-order valence-electron chi connectivity index (χ4n) is 4.81. The van der Waals surface area contributed by atoms with E-state index in [0.29, 0.717) is 28.2 Å². The molecule has 0 atom stereocenters. The quantitative estimate of drug-likeness (QED) is 0.339. The van der Waals surface area contributed by atoms with E-state index in [9.17, 15) is 9.90 Å². The van der Waals surface area contributed by atoms with Crippen LogP contribution in [0.5, 0.6) is 5.88 Å². The van der Waals surface area contributed by atoms with Crippen molar-refractivity contribution in [3.8, 4) is 11.6 Å². The molecule has 3 aromatic carbocycles. The summed E-state index contributed by atoms with van der Waals surface area (Å²) in [5, 5.41) is 15.7. The van der Waals surface area contributed by atoms with Gasteiger partial charge in [-0.1, -0.05) is 60.5 Å². The molecule has 6 heteroatoms. The van der Waals surface area contributed by atoms with Gasteiger partial charge in [0.2, 0.25) is 5.88 Å². The first-order valence-electron chi connectivity index (χ1n) is 12.3.